The lowest BCUT2D eigenvalue weighted by atomic mass is 10.0. The summed E-state index contributed by atoms with van der Waals surface area (Å²) < 4.78 is 1.48. The van der Waals surface area contributed by atoms with Crippen molar-refractivity contribution < 1.29 is 9.90 Å². The van der Waals surface area contributed by atoms with Gasteiger partial charge in [-0.3, -0.25) is 0 Å². The Labute approximate surface area is 121 Å². The lowest BCUT2D eigenvalue weighted by molar-refractivity contribution is -0.141. The first-order chi connectivity index (χ1) is 10.1. The molecule has 0 saturated carbocycles. The van der Waals surface area contributed by atoms with E-state index in [4.69, 9.17) is 0 Å². The largest absolute Gasteiger partial charge is 0.480 e. The fraction of sp³-hybridized carbons (Fsp3) is 0.188. The maximum absolute atomic E-state index is 11.6. The second-order valence-electron chi connectivity index (χ2n) is 5.07. The molecule has 106 valence electrons. The van der Waals surface area contributed by atoms with Crippen LogP contribution in [0.25, 0.3) is 11.0 Å². The van der Waals surface area contributed by atoms with Gasteiger partial charge in [0.2, 0.25) is 0 Å². The van der Waals surface area contributed by atoms with Crippen LogP contribution >= 0.6 is 0 Å². The molecule has 0 aliphatic rings. The molecule has 0 aliphatic carbocycles. The summed E-state index contributed by atoms with van der Waals surface area (Å²) >= 11 is 0. The quantitative estimate of drug-likeness (QED) is 0.798. The molecule has 3 rings (SSSR count). The van der Waals surface area contributed by atoms with Gasteiger partial charge in [0, 0.05) is 6.42 Å². The summed E-state index contributed by atoms with van der Waals surface area (Å²) in [5.41, 5.74) is 3.55. The monoisotopic (exact) mass is 281 g/mol. The molecule has 2 aromatic carbocycles. The summed E-state index contributed by atoms with van der Waals surface area (Å²) in [6.45, 7) is 2.00. The van der Waals surface area contributed by atoms with Gasteiger partial charge in [-0.1, -0.05) is 47.2 Å². The Bertz CT molecular complexity index is 778. The van der Waals surface area contributed by atoms with Crippen LogP contribution in [0.15, 0.2) is 48.5 Å². The molecule has 5 heteroatoms. The molecule has 1 unspecified atom stereocenters. The molecule has 21 heavy (non-hydrogen) atoms. The number of benzene rings is 2. The van der Waals surface area contributed by atoms with E-state index < -0.39 is 12.0 Å². The molecule has 0 radical (unpaired) electrons. The van der Waals surface area contributed by atoms with E-state index in [1.807, 2.05) is 55.5 Å². The zero-order valence-corrected chi connectivity index (χ0v) is 11.6. The van der Waals surface area contributed by atoms with Crippen LogP contribution < -0.4 is 0 Å². The fourth-order valence-corrected chi connectivity index (χ4v) is 2.34. The summed E-state index contributed by atoms with van der Waals surface area (Å²) in [5.74, 6) is -0.911. The first kappa shape index (κ1) is 13.3. The van der Waals surface area contributed by atoms with Crippen molar-refractivity contribution in [2.45, 2.75) is 19.4 Å². The molecule has 1 heterocycles. The number of fused-ring (bicyclic) bond motifs is 1. The average molecular weight is 281 g/mol. The standard InChI is InChI=1S/C16H15N3O2/c1-11-6-8-12(9-7-11)10-15(16(20)21)19-14-5-3-2-4-13(14)17-18-19/h2-9,15H,10H2,1H3,(H,20,21). The summed E-state index contributed by atoms with van der Waals surface area (Å²) in [7, 11) is 0. The van der Waals surface area contributed by atoms with Crippen LogP contribution in [0.5, 0.6) is 0 Å². The van der Waals surface area contributed by atoms with E-state index in [0.717, 1.165) is 16.6 Å². The van der Waals surface area contributed by atoms with Crippen molar-refractivity contribution >= 4 is 17.0 Å². The number of hydrogen-bond acceptors (Lipinski definition) is 3. The molecule has 5 nitrogen and oxygen atoms in total. The maximum Gasteiger partial charge on any atom is 0.328 e. The molecule has 0 bridgehead atoms. The SMILES string of the molecule is Cc1ccc(CC(C(=O)O)n2nnc3ccccc32)cc1. The Hall–Kier alpha value is -2.69. The lowest BCUT2D eigenvalue weighted by Crippen LogP contribution is -2.22. The van der Waals surface area contributed by atoms with Crippen molar-refractivity contribution in [1.82, 2.24) is 15.0 Å². The third kappa shape index (κ3) is 2.63. The molecule has 0 saturated heterocycles. The summed E-state index contributed by atoms with van der Waals surface area (Å²) in [6.07, 6.45) is 0.378. The summed E-state index contributed by atoms with van der Waals surface area (Å²) in [4.78, 5) is 11.6. The summed E-state index contributed by atoms with van der Waals surface area (Å²) in [5, 5.41) is 17.6. The van der Waals surface area contributed by atoms with Gasteiger partial charge in [-0.25, -0.2) is 9.48 Å². The first-order valence-corrected chi connectivity index (χ1v) is 6.73. The van der Waals surface area contributed by atoms with Gasteiger partial charge in [0.15, 0.2) is 6.04 Å². The minimum atomic E-state index is -0.911. The van der Waals surface area contributed by atoms with Crippen molar-refractivity contribution in [1.29, 1.82) is 0 Å². The van der Waals surface area contributed by atoms with Crippen LogP contribution in [-0.4, -0.2) is 26.1 Å². The number of aryl methyl sites for hydroxylation is 1. The van der Waals surface area contributed by atoms with Gasteiger partial charge in [0.05, 0.1) is 5.52 Å². The normalized spacial score (nSPS) is 12.4. The topological polar surface area (TPSA) is 68.0 Å². The molecule has 3 aromatic rings. The highest BCUT2D eigenvalue weighted by Gasteiger charge is 2.23. The zero-order chi connectivity index (χ0) is 14.8. The minimum absolute atomic E-state index is 0.378. The smallest absolute Gasteiger partial charge is 0.328 e. The average Bonchev–Trinajstić information content (AvgIpc) is 2.90. The lowest BCUT2D eigenvalue weighted by Gasteiger charge is -2.13. The number of carboxylic acid groups (broad SMARTS) is 1. The number of aliphatic carboxylic acids is 1. The van der Waals surface area contributed by atoms with Gasteiger partial charge in [-0.05, 0) is 24.6 Å². The van der Waals surface area contributed by atoms with Crippen LogP contribution in [0.1, 0.15) is 17.2 Å². The number of aromatic nitrogens is 3. The molecular formula is C16H15N3O2. The Morgan fingerprint density at radius 3 is 2.62 bits per heavy atom. The molecule has 0 aliphatic heterocycles. The van der Waals surface area contributed by atoms with Crippen LogP contribution in [0.3, 0.4) is 0 Å². The minimum Gasteiger partial charge on any atom is -0.480 e. The van der Waals surface area contributed by atoms with Gasteiger partial charge in [0.1, 0.15) is 5.52 Å². The van der Waals surface area contributed by atoms with Crippen LogP contribution in [-0.2, 0) is 11.2 Å². The highest BCUT2D eigenvalue weighted by atomic mass is 16.4. The van der Waals surface area contributed by atoms with Crippen molar-refractivity contribution in [2.24, 2.45) is 0 Å². The maximum atomic E-state index is 11.6. The Morgan fingerprint density at radius 1 is 1.19 bits per heavy atom. The second-order valence-corrected chi connectivity index (χ2v) is 5.07. The number of para-hydroxylation sites is 1. The number of hydrogen-bond donors (Lipinski definition) is 1. The van der Waals surface area contributed by atoms with E-state index in [2.05, 4.69) is 10.3 Å². The van der Waals surface area contributed by atoms with Crippen LogP contribution in [0, 0.1) is 6.92 Å². The van der Waals surface area contributed by atoms with Crippen molar-refractivity contribution in [3.05, 3.63) is 59.7 Å². The highest BCUT2D eigenvalue weighted by molar-refractivity contribution is 5.78. The zero-order valence-electron chi connectivity index (χ0n) is 11.6. The van der Waals surface area contributed by atoms with E-state index in [1.54, 1.807) is 0 Å². The van der Waals surface area contributed by atoms with Crippen molar-refractivity contribution in [3.63, 3.8) is 0 Å². The Morgan fingerprint density at radius 2 is 1.90 bits per heavy atom. The van der Waals surface area contributed by atoms with E-state index in [-0.39, 0.29) is 0 Å². The Balaban J connectivity index is 1.98. The number of rotatable bonds is 4. The molecule has 0 fully saturated rings. The van der Waals surface area contributed by atoms with Gasteiger partial charge in [-0.2, -0.15) is 0 Å². The van der Waals surface area contributed by atoms with Gasteiger partial charge < -0.3 is 5.11 Å². The number of carboxylic acids is 1. The fourth-order valence-electron chi connectivity index (χ4n) is 2.34. The highest BCUT2D eigenvalue weighted by Crippen LogP contribution is 2.20. The van der Waals surface area contributed by atoms with E-state index in [9.17, 15) is 9.90 Å². The Kier molecular flexibility index (Phi) is 3.39. The second kappa shape index (κ2) is 5.36. The first-order valence-electron chi connectivity index (χ1n) is 6.73. The predicted octanol–water partition coefficient (Wildman–Crippen LogP) is 2.61. The molecule has 0 spiro atoms. The van der Waals surface area contributed by atoms with Gasteiger partial charge >= 0.3 is 5.97 Å². The number of carbonyl (C=O) groups is 1. The summed E-state index contributed by atoms with van der Waals surface area (Å²) in [6, 6.07) is 14.5. The molecule has 0 amide bonds. The van der Waals surface area contributed by atoms with Crippen molar-refractivity contribution in [2.75, 3.05) is 0 Å². The third-order valence-electron chi connectivity index (χ3n) is 3.51. The molecule has 1 aromatic heterocycles. The van der Waals surface area contributed by atoms with Crippen LogP contribution in [0.2, 0.25) is 0 Å². The van der Waals surface area contributed by atoms with Gasteiger partial charge in [0.25, 0.3) is 0 Å². The van der Waals surface area contributed by atoms with Crippen LogP contribution in [0.4, 0.5) is 0 Å². The number of nitrogens with zero attached hydrogens (tertiary/aromatic N) is 3. The predicted molar refractivity (Wildman–Crippen MR) is 79.1 cm³/mol. The van der Waals surface area contributed by atoms with E-state index >= 15 is 0 Å². The molecule has 1 atom stereocenters. The van der Waals surface area contributed by atoms with E-state index in [0.29, 0.717) is 11.9 Å². The molecular weight excluding hydrogens is 266 g/mol. The van der Waals surface area contributed by atoms with Gasteiger partial charge in [-0.15, -0.1) is 5.10 Å². The molecule has 1 N–H and O–H groups in total. The third-order valence-corrected chi connectivity index (χ3v) is 3.51. The van der Waals surface area contributed by atoms with E-state index in [1.165, 1.54) is 4.68 Å². The van der Waals surface area contributed by atoms with Crippen molar-refractivity contribution in [3.8, 4) is 0 Å².